The summed E-state index contributed by atoms with van der Waals surface area (Å²) in [5.41, 5.74) is 1.30. The van der Waals surface area contributed by atoms with Gasteiger partial charge in [0.1, 0.15) is 18.0 Å². The van der Waals surface area contributed by atoms with E-state index in [4.69, 9.17) is 21.1 Å². The van der Waals surface area contributed by atoms with Gasteiger partial charge in [0.05, 0.1) is 24.3 Å². The number of carbonyl (C=O) groups excluding carboxylic acids is 1. The Kier molecular flexibility index (Phi) is 9.54. The van der Waals surface area contributed by atoms with Gasteiger partial charge < -0.3 is 25.0 Å². The number of piperidine rings is 1. The lowest BCUT2D eigenvalue weighted by atomic mass is 9.92. The minimum Gasteiger partial charge on any atom is -0.493 e. The lowest BCUT2D eigenvalue weighted by Crippen LogP contribution is -2.44. The summed E-state index contributed by atoms with van der Waals surface area (Å²) in [6.45, 7) is 3.30. The first kappa shape index (κ1) is 28.4. The van der Waals surface area contributed by atoms with Crippen molar-refractivity contribution in [2.24, 2.45) is 5.92 Å². The summed E-state index contributed by atoms with van der Waals surface area (Å²) in [6, 6.07) is 8.47. The van der Waals surface area contributed by atoms with Gasteiger partial charge in [-0.2, -0.15) is 0 Å². The number of aromatic nitrogens is 2. The van der Waals surface area contributed by atoms with Crippen molar-refractivity contribution in [2.75, 3.05) is 38.7 Å². The Morgan fingerprint density at radius 1 is 1.07 bits per heavy atom. The summed E-state index contributed by atoms with van der Waals surface area (Å²) in [5, 5.41) is 7.26. The number of rotatable bonds is 10. The standard InChI is InChI=1S/C30H37ClFN5O3/c1-39-27-18-26-23(29(34-19-33-26)35-22-8-9-25(32)24(31)16-22)17-28(27)40-15-5-12-37-13-10-20(11-14-37)30(38)36-21-6-3-2-4-7-21/h8-9,16-21H,2-7,10-15H2,1H3,(H,36,38)(H,33,34,35). The zero-order valence-corrected chi connectivity index (χ0v) is 23.7. The van der Waals surface area contributed by atoms with Crippen LogP contribution in [-0.2, 0) is 4.79 Å². The average molecular weight is 570 g/mol. The van der Waals surface area contributed by atoms with Crippen LogP contribution in [0.1, 0.15) is 51.4 Å². The quantitative estimate of drug-likeness (QED) is 0.285. The molecule has 2 aliphatic rings. The number of hydrogen-bond acceptors (Lipinski definition) is 7. The second-order valence-electron chi connectivity index (χ2n) is 10.7. The summed E-state index contributed by atoms with van der Waals surface area (Å²) in [6.07, 6.45) is 10.1. The Morgan fingerprint density at radius 2 is 1.88 bits per heavy atom. The molecule has 8 nitrogen and oxygen atoms in total. The van der Waals surface area contributed by atoms with Gasteiger partial charge >= 0.3 is 0 Å². The maximum absolute atomic E-state index is 13.6. The molecular weight excluding hydrogens is 533 g/mol. The minimum absolute atomic E-state index is 0.0287. The number of hydrogen-bond donors (Lipinski definition) is 2. The van der Waals surface area contributed by atoms with Gasteiger partial charge in [-0.3, -0.25) is 4.79 Å². The molecular formula is C30H37ClFN5O3. The SMILES string of the molecule is COc1cc2ncnc(Nc3ccc(F)c(Cl)c3)c2cc1OCCCN1CCC(C(=O)NC2CCCCC2)CC1. The molecule has 2 heterocycles. The van der Waals surface area contributed by atoms with Crippen molar-refractivity contribution in [2.45, 2.75) is 57.4 Å². The number of ether oxygens (including phenoxy) is 2. The fourth-order valence-electron chi connectivity index (χ4n) is 5.60. The molecule has 2 aromatic carbocycles. The average Bonchev–Trinajstić information content (AvgIpc) is 2.98. The minimum atomic E-state index is -0.482. The van der Waals surface area contributed by atoms with Gasteiger partial charge in [-0.1, -0.05) is 30.9 Å². The van der Waals surface area contributed by atoms with Gasteiger partial charge in [0.25, 0.3) is 0 Å². The zero-order chi connectivity index (χ0) is 27.9. The second-order valence-corrected chi connectivity index (χ2v) is 11.1. The van der Waals surface area contributed by atoms with E-state index in [0.29, 0.717) is 41.2 Å². The second kappa shape index (κ2) is 13.5. The number of carbonyl (C=O) groups is 1. The maximum atomic E-state index is 13.6. The summed E-state index contributed by atoms with van der Waals surface area (Å²) in [5.74, 6) is 1.64. The van der Waals surface area contributed by atoms with Crippen molar-refractivity contribution in [1.29, 1.82) is 0 Å². The van der Waals surface area contributed by atoms with E-state index >= 15 is 0 Å². The zero-order valence-electron chi connectivity index (χ0n) is 22.9. The molecule has 0 spiro atoms. The van der Waals surface area contributed by atoms with Gasteiger partial charge in [-0.25, -0.2) is 14.4 Å². The van der Waals surface area contributed by atoms with Crippen LogP contribution in [0.2, 0.25) is 5.02 Å². The van der Waals surface area contributed by atoms with Crippen molar-refractivity contribution >= 4 is 39.9 Å². The molecule has 0 radical (unpaired) electrons. The number of nitrogens with zero attached hydrogens (tertiary/aromatic N) is 3. The molecule has 40 heavy (non-hydrogen) atoms. The van der Waals surface area contributed by atoms with Crippen molar-refractivity contribution in [3.63, 3.8) is 0 Å². The third-order valence-corrected chi connectivity index (χ3v) is 8.18. The molecule has 214 valence electrons. The number of likely N-dealkylation sites (tertiary alicyclic amines) is 1. The van der Waals surface area contributed by atoms with E-state index in [0.717, 1.165) is 57.1 Å². The van der Waals surface area contributed by atoms with Crippen molar-refractivity contribution in [3.05, 3.63) is 47.5 Å². The largest absolute Gasteiger partial charge is 0.493 e. The summed E-state index contributed by atoms with van der Waals surface area (Å²) >= 11 is 5.94. The fourth-order valence-corrected chi connectivity index (χ4v) is 5.78. The van der Waals surface area contributed by atoms with Crippen molar-refractivity contribution < 1.29 is 18.7 Å². The number of methoxy groups -OCH3 is 1. The number of nitrogens with one attached hydrogen (secondary N) is 2. The highest BCUT2D eigenvalue weighted by molar-refractivity contribution is 6.31. The Labute approximate surface area is 239 Å². The first-order valence-corrected chi connectivity index (χ1v) is 14.6. The van der Waals surface area contributed by atoms with E-state index in [1.807, 2.05) is 12.1 Å². The topological polar surface area (TPSA) is 88.6 Å². The Balaban J connectivity index is 1.13. The Morgan fingerprint density at radius 3 is 2.62 bits per heavy atom. The predicted octanol–water partition coefficient (Wildman–Crippen LogP) is 6.10. The Hall–Kier alpha value is -3.17. The summed E-state index contributed by atoms with van der Waals surface area (Å²) in [7, 11) is 1.60. The normalized spacial score (nSPS) is 17.1. The van der Waals surface area contributed by atoms with Crippen LogP contribution in [0.5, 0.6) is 11.5 Å². The first-order valence-electron chi connectivity index (χ1n) is 14.2. The molecule has 10 heteroatoms. The van der Waals surface area contributed by atoms with E-state index in [-0.39, 0.29) is 16.8 Å². The molecule has 1 saturated carbocycles. The van der Waals surface area contributed by atoms with E-state index in [2.05, 4.69) is 25.5 Å². The van der Waals surface area contributed by atoms with Crippen LogP contribution in [0, 0.1) is 11.7 Å². The lowest BCUT2D eigenvalue weighted by molar-refractivity contribution is -0.127. The van der Waals surface area contributed by atoms with Crippen LogP contribution < -0.4 is 20.1 Å². The van der Waals surface area contributed by atoms with Gasteiger partial charge in [-0.05, 0) is 69.5 Å². The van der Waals surface area contributed by atoms with E-state index in [1.165, 1.54) is 37.7 Å². The molecule has 1 aliphatic heterocycles. The van der Waals surface area contributed by atoms with Crippen LogP contribution in [0.15, 0.2) is 36.7 Å². The fraction of sp³-hybridized carbons (Fsp3) is 0.500. The van der Waals surface area contributed by atoms with Crippen LogP contribution in [0.25, 0.3) is 10.9 Å². The van der Waals surface area contributed by atoms with E-state index in [1.54, 1.807) is 13.2 Å². The number of benzene rings is 2. The molecule has 3 aromatic rings. The maximum Gasteiger partial charge on any atom is 0.223 e. The summed E-state index contributed by atoms with van der Waals surface area (Å²) < 4.78 is 25.3. The highest BCUT2D eigenvalue weighted by Crippen LogP contribution is 2.35. The Bertz CT molecular complexity index is 1310. The lowest BCUT2D eigenvalue weighted by Gasteiger charge is -2.32. The highest BCUT2D eigenvalue weighted by atomic mass is 35.5. The first-order chi connectivity index (χ1) is 19.5. The molecule has 0 atom stereocenters. The molecule has 1 aliphatic carbocycles. The van der Waals surface area contributed by atoms with Crippen LogP contribution in [0.4, 0.5) is 15.9 Å². The third-order valence-electron chi connectivity index (χ3n) is 7.89. The molecule has 2 fully saturated rings. The van der Waals surface area contributed by atoms with Gasteiger partial charge in [0.15, 0.2) is 11.5 Å². The molecule has 1 aromatic heterocycles. The smallest absolute Gasteiger partial charge is 0.223 e. The number of anilines is 2. The van der Waals surface area contributed by atoms with Crippen molar-refractivity contribution in [3.8, 4) is 11.5 Å². The highest BCUT2D eigenvalue weighted by Gasteiger charge is 2.26. The van der Waals surface area contributed by atoms with Gasteiger partial charge in [-0.15, -0.1) is 0 Å². The van der Waals surface area contributed by atoms with Crippen molar-refractivity contribution in [1.82, 2.24) is 20.2 Å². The van der Waals surface area contributed by atoms with Crippen LogP contribution >= 0.6 is 11.6 Å². The van der Waals surface area contributed by atoms with E-state index in [9.17, 15) is 9.18 Å². The molecule has 5 rings (SSSR count). The van der Waals surface area contributed by atoms with E-state index < -0.39 is 5.82 Å². The van der Waals surface area contributed by atoms with Crippen LogP contribution in [0.3, 0.4) is 0 Å². The molecule has 0 bridgehead atoms. The van der Waals surface area contributed by atoms with Gasteiger partial charge in [0, 0.05) is 35.6 Å². The molecule has 0 unspecified atom stereocenters. The van der Waals surface area contributed by atoms with Crippen LogP contribution in [-0.4, -0.2) is 60.2 Å². The molecule has 1 amide bonds. The monoisotopic (exact) mass is 569 g/mol. The molecule has 1 saturated heterocycles. The number of fused-ring (bicyclic) bond motifs is 1. The molecule has 2 N–H and O–H groups in total. The number of amides is 1. The van der Waals surface area contributed by atoms with Gasteiger partial charge in [0.2, 0.25) is 5.91 Å². The predicted molar refractivity (Wildman–Crippen MR) is 155 cm³/mol. The number of halogens is 2. The summed E-state index contributed by atoms with van der Waals surface area (Å²) in [4.78, 5) is 23.8. The third kappa shape index (κ3) is 7.12.